The molecule has 3 aromatic carbocycles. The second-order valence-corrected chi connectivity index (χ2v) is 12.8. The molecule has 0 amide bonds. The Balaban J connectivity index is 1.60. The van der Waals surface area contributed by atoms with E-state index in [-0.39, 0.29) is 22.8 Å². The van der Waals surface area contributed by atoms with Gasteiger partial charge in [0.1, 0.15) is 17.4 Å². The standard InChI is InChI=1S/C34H42N2O7S/c1-4-6-19-34(33(38)39)31(32(37)25-13-16-27(17-14-25)42-22-10-21-35-20-7-5-2)28-23-26(15-18-29(28)43-34)36-44(40,41)30-12-9-8-11-24(30)3/h8-9,11-18,23,31,35-36H,4-7,10,19-22H2,1-3H3,(H,38,39). The topological polar surface area (TPSA) is 131 Å². The van der Waals surface area contributed by atoms with Gasteiger partial charge in [0.05, 0.1) is 11.5 Å². The van der Waals surface area contributed by atoms with E-state index in [9.17, 15) is 23.1 Å². The minimum atomic E-state index is -3.94. The Bertz CT molecular complexity index is 1560. The van der Waals surface area contributed by atoms with E-state index in [4.69, 9.17) is 9.47 Å². The van der Waals surface area contributed by atoms with Crippen LogP contribution < -0.4 is 19.5 Å². The summed E-state index contributed by atoms with van der Waals surface area (Å²) in [4.78, 5) is 27.1. The summed E-state index contributed by atoms with van der Waals surface area (Å²) in [6, 6.07) is 17.8. The smallest absolute Gasteiger partial charge is 0.349 e. The molecule has 2 unspecified atom stereocenters. The minimum Gasteiger partial charge on any atom is -0.494 e. The molecule has 4 rings (SSSR count). The Labute approximate surface area is 260 Å². The number of anilines is 1. The lowest BCUT2D eigenvalue weighted by Gasteiger charge is -2.30. The van der Waals surface area contributed by atoms with Crippen molar-refractivity contribution in [2.75, 3.05) is 24.4 Å². The maximum atomic E-state index is 14.1. The van der Waals surface area contributed by atoms with Crippen molar-refractivity contribution < 1.29 is 32.6 Å². The van der Waals surface area contributed by atoms with Gasteiger partial charge in [-0.3, -0.25) is 9.52 Å². The van der Waals surface area contributed by atoms with Crippen LogP contribution in [0.1, 0.15) is 79.8 Å². The second-order valence-electron chi connectivity index (χ2n) is 11.2. The number of unbranched alkanes of at least 4 members (excludes halogenated alkanes) is 2. The van der Waals surface area contributed by atoms with Gasteiger partial charge in [-0.05, 0) is 99.8 Å². The molecule has 1 heterocycles. The van der Waals surface area contributed by atoms with Crippen LogP contribution in [0.5, 0.6) is 11.5 Å². The first-order valence-electron chi connectivity index (χ1n) is 15.3. The van der Waals surface area contributed by atoms with Gasteiger partial charge in [0.2, 0.25) is 5.60 Å². The molecule has 0 fully saturated rings. The number of carboxylic acid groups (broad SMARTS) is 1. The van der Waals surface area contributed by atoms with Gasteiger partial charge in [0.25, 0.3) is 10.0 Å². The van der Waals surface area contributed by atoms with Gasteiger partial charge < -0.3 is 19.9 Å². The molecule has 9 nitrogen and oxygen atoms in total. The Hall–Kier alpha value is -3.89. The number of sulfonamides is 1. The number of fused-ring (bicyclic) bond motifs is 1. The van der Waals surface area contributed by atoms with Crippen LogP contribution >= 0.6 is 0 Å². The zero-order valence-electron chi connectivity index (χ0n) is 25.6. The highest BCUT2D eigenvalue weighted by atomic mass is 32.2. The van der Waals surface area contributed by atoms with Crippen molar-refractivity contribution in [2.24, 2.45) is 0 Å². The summed E-state index contributed by atoms with van der Waals surface area (Å²) in [6.07, 6.45) is 4.47. The number of rotatable bonds is 17. The van der Waals surface area contributed by atoms with E-state index in [1.165, 1.54) is 24.3 Å². The SMILES string of the molecule is CCCCNCCCOc1ccc(C(=O)C2c3cc(NS(=O)(=O)c4ccccc4C)ccc3OC2(CCCC)C(=O)O)cc1. The third-order valence-corrected chi connectivity index (χ3v) is 9.39. The van der Waals surface area contributed by atoms with E-state index in [1.807, 2.05) is 6.92 Å². The maximum Gasteiger partial charge on any atom is 0.349 e. The molecule has 236 valence electrons. The van der Waals surface area contributed by atoms with E-state index in [1.54, 1.807) is 49.4 Å². The molecule has 0 bridgehead atoms. The molecular weight excluding hydrogens is 580 g/mol. The number of ketones is 1. The summed E-state index contributed by atoms with van der Waals surface area (Å²) < 4.78 is 40.9. The van der Waals surface area contributed by atoms with Crippen LogP contribution in [-0.4, -0.2) is 50.6 Å². The van der Waals surface area contributed by atoms with Crippen LogP contribution in [0.15, 0.2) is 71.6 Å². The van der Waals surface area contributed by atoms with Gasteiger partial charge in [-0.25, -0.2) is 13.2 Å². The van der Waals surface area contributed by atoms with E-state index in [2.05, 4.69) is 17.0 Å². The number of nitrogens with one attached hydrogen (secondary N) is 2. The summed E-state index contributed by atoms with van der Waals surface area (Å²) in [5, 5.41) is 13.9. The van der Waals surface area contributed by atoms with Gasteiger partial charge in [0.15, 0.2) is 5.78 Å². The Kier molecular flexibility index (Phi) is 11.0. The summed E-state index contributed by atoms with van der Waals surface area (Å²) in [6.45, 7) is 8.16. The zero-order chi connectivity index (χ0) is 31.7. The third-order valence-electron chi connectivity index (χ3n) is 7.85. The first kappa shape index (κ1) is 33.0. The quantitative estimate of drug-likeness (QED) is 0.118. The molecule has 1 aliphatic rings. The first-order chi connectivity index (χ1) is 21.1. The van der Waals surface area contributed by atoms with Crippen LogP contribution in [0.3, 0.4) is 0 Å². The lowest BCUT2D eigenvalue weighted by Crippen LogP contribution is -2.49. The van der Waals surface area contributed by atoms with Crippen LogP contribution in [0.25, 0.3) is 0 Å². The van der Waals surface area contributed by atoms with Crippen molar-refractivity contribution in [1.82, 2.24) is 5.32 Å². The monoisotopic (exact) mass is 622 g/mol. The predicted molar refractivity (Wildman–Crippen MR) is 170 cm³/mol. The average molecular weight is 623 g/mol. The van der Waals surface area contributed by atoms with Crippen LogP contribution in [0.2, 0.25) is 0 Å². The summed E-state index contributed by atoms with van der Waals surface area (Å²) in [7, 11) is -3.94. The number of hydrogen-bond acceptors (Lipinski definition) is 7. The van der Waals surface area contributed by atoms with Gasteiger partial charge in [-0.15, -0.1) is 0 Å². The molecule has 0 radical (unpaired) electrons. The molecule has 1 aliphatic heterocycles. The fourth-order valence-corrected chi connectivity index (χ4v) is 6.76. The fraction of sp³-hybridized carbons (Fsp3) is 0.412. The summed E-state index contributed by atoms with van der Waals surface area (Å²) in [5.74, 6) is -2.00. The van der Waals surface area contributed by atoms with E-state index in [0.717, 1.165) is 32.4 Å². The number of carbonyl (C=O) groups is 2. The number of aliphatic carboxylic acids is 1. The molecule has 10 heteroatoms. The number of aryl methyl sites for hydroxylation is 1. The van der Waals surface area contributed by atoms with Crippen molar-refractivity contribution in [1.29, 1.82) is 0 Å². The molecule has 3 aromatic rings. The molecule has 44 heavy (non-hydrogen) atoms. The van der Waals surface area contributed by atoms with Crippen molar-refractivity contribution in [3.63, 3.8) is 0 Å². The van der Waals surface area contributed by atoms with E-state index < -0.39 is 33.3 Å². The lowest BCUT2D eigenvalue weighted by molar-refractivity contribution is -0.155. The number of carboxylic acids is 1. The number of hydrogen-bond donors (Lipinski definition) is 3. The highest BCUT2D eigenvalue weighted by molar-refractivity contribution is 7.92. The second kappa shape index (κ2) is 14.7. The van der Waals surface area contributed by atoms with Crippen LogP contribution in [0.4, 0.5) is 5.69 Å². The summed E-state index contributed by atoms with van der Waals surface area (Å²) in [5.41, 5.74) is -0.401. The van der Waals surface area contributed by atoms with Crippen molar-refractivity contribution >= 4 is 27.5 Å². The molecule has 2 atom stereocenters. The number of ether oxygens (including phenoxy) is 2. The fourth-order valence-electron chi connectivity index (χ4n) is 5.46. The molecule has 0 aromatic heterocycles. The molecular formula is C34H42N2O7S. The normalized spacial score (nSPS) is 17.5. The highest BCUT2D eigenvalue weighted by Gasteiger charge is 2.57. The van der Waals surface area contributed by atoms with Crippen LogP contribution in [0, 0.1) is 6.92 Å². The van der Waals surface area contributed by atoms with Crippen molar-refractivity contribution in [3.05, 3.63) is 83.4 Å². The number of Topliss-reactive ketones (excluding diaryl/α,β-unsaturated/α-hetero) is 1. The average Bonchev–Trinajstić information content (AvgIpc) is 3.34. The molecule has 0 spiro atoms. The van der Waals surface area contributed by atoms with Gasteiger partial charge in [-0.2, -0.15) is 0 Å². The summed E-state index contributed by atoms with van der Waals surface area (Å²) >= 11 is 0. The van der Waals surface area contributed by atoms with Crippen molar-refractivity contribution in [2.45, 2.75) is 75.7 Å². The number of carbonyl (C=O) groups excluding carboxylic acids is 1. The first-order valence-corrected chi connectivity index (χ1v) is 16.7. The Morgan fingerprint density at radius 1 is 0.955 bits per heavy atom. The molecule has 0 saturated heterocycles. The molecule has 0 saturated carbocycles. The van der Waals surface area contributed by atoms with Crippen LogP contribution in [-0.2, 0) is 14.8 Å². The Morgan fingerprint density at radius 3 is 2.34 bits per heavy atom. The zero-order valence-corrected chi connectivity index (χ0v) is 26.4. The largest absolute Gasteiger partial charge is 0.494 e. The molecule has 0 aliphatic carbocycles. The third kappa shape index (κ3) is 7.42. The van der Waals surface area contributed by atoms with E-state index >= 15 is 0 Å². The highest BCUT2D eigenvalue weighted by Crippen LogP contribution is 2.50. The lowest BCUT2D eigenvalue weighted by atomic mass is 9.76. The Morgan fingerprint density at radius 2 is 1.66 bits per heavy atom. The predicted octanol–water partition coefficient (Wildman–Crippen LogP) is 6.33. The minimum absolute atomic E-state index is 0.113. The van der Waals surface area contributed by atoms with Gasteiger partial charge in [0, 0.05) is 16.8 Å². The van der Waals surface area contributed by atoms with Crippen molar-refractivity contribution in [3.8, 4) is 11.5 Å². The molecule has 3 N–H and O–H groups in total. The maximum absolute atomic E-state index is 14.1. The van der Waals surface area contributed by atoms with Gasteiger partial charge in [-0.1, -0.05) is 44.9 Å². The van der Waals surface area contributed by atoms with E-state index in [0.29, 0.717) is 41.9 Å². The van der Waals surface area contributed by atoms with Gasteiger partial charge >= 0.3 is 5.97 Å². The number of benzene rings is 3.